The molecule has 0 radical (unpaired) electrons. The molecule has 1 aliphatic heterocycles. The van der Waals surface area contributed by atoms with Gasteiger partial charge in [0.05, 0.1) is 13.2 Å². The van der Waals surface area contributed by atoms with E-state index in [1.54, 1.807) is 36.4 Å². The van der Waals surface area contributed by atoms with Crippen molar-refractivity contribution in [1.82, 2.24) is 9.80 Å². The number of rotatable bonds is 12. The molecule has 0 spiro atoms. The van der Waals surface area contributed by atoms with Crippen LogP contribution in [0.15, 0.2) is 48.5 Å². The summed E-state index contributed by atoms with van der Waals surface area (Å²) in [6.07, 6.45) is 3.21. The van der Waals surface area contributed by atoms with E-state index in [9.17, 15) is 9.59 Å². The van der Waals surface area contributed by atoms with E-state index in [1.807, 2.05) is 32.9 Å². The van der Waals surface area contributed by atoms with Crippen LogP contribution in [0.2, 0.25) is 5.02 Å². The maximum absolute atomic E-state index is 12.5. The monoisotopic (exact) mass is 500 g/mol. The van der Waals surface area contributed by atoms with Crippen LogP contribution in [-0.4, -0.2) is 73.0 Å². The van der Waals surface area contributed by atoms with Crippen molar-refractivity contribution >= 4 is 23.4 Å². The Hall–Kier alpha value is -2.41. The van der Waals surface area contributed by atoms with E-state index < -0.39 is 5.54 Å². The molecular weight excluding hydrogens is 464 g/mol. The smallest absolute Gasteiger partial charge is 0.325 e. The minimum absolute atomic E-state index is 0.0292. The van der Waals surface area contributed by atoms with Gasteiger partial charge in [0.2, 0.25) is 0 Å². The molecule has 1 saturated heterocycles. The number of hydrogen-bond donors (Lipinski definition) is 0. The molecule has 6 nitrogen and oxygen atoms in total. The van der Waals surface area contributed by atoms with Crippen molar-refractivity contribution < 1.29 is 19.1 Å². The number of carbonyl (C=O) groups is 2. The van der Waals surface area contributed by atoms with Gasteiger partial charge in [-0.1, -0.05) is 11.6 Å². The third kappa shape index (κ3) is 7.79. The first-order valence-corrected chi connectivity index (χ1v) is 12.9. The molecular formula is C28H37ClN2O4. The Morgan fingerprint density at radius 1 is 0.886 bits per heavy atom. The summed E-state index contributed by atoms with van der Waals surface area (Å²) in [6, 6.07) is 14.2. The van der Waals surface area contributed by atoms with Crippen LogP contribution in [0.4, 0.5) is 0 Å². The summed E-state index contributed by atoms with van der Waals surface area (Å²) in [5.74, 6) is 0.604. The number of benzene rings is 2. The lowest BCUT2D eigenvalue weighted by atomic mass is 10.0. The van der Waals surface area contributed by atoms with Crippen molar-refractivity contribution in [2.45, 2.75) is 45.6 Å². The number of unbranched alkanes of at least 4 members (excludes halogenated alkanes) is 2. The Labute approximate surface area is 214 Å². The molecule has 1 aliphatic rings. The van der Waals surface area contributed by atoms with Gasteiger partial charge in [0.25, 0.3) is 0 Å². The molecule has 190 valence electrons. The number of nitrogens with zero attached hydrogens (tertiary/aromatic N) is 2. The van der Waals surface area contributed by atoms with Crippen molar-refractivity contribution in [2.24, 2.45) is 0 Å². The fourth-order valence-corrected chi connectivity index (χ4v) is 4.37. The number of ketones is 1. The molecule has 0 amide bonds. The molecule has 35 heavy (non-hydrogen) atoms. The van der Waals surface area contributed by atoms with Gasteiger partial charge < -0.3 is 14.4 Å². The van der Waals surface area contributed by atoms with Gasteiger partial charge in [0.1, 0.15) is 11.3 Å². The van der Waals surface area contributed by atoms with Crippen LogP contribution in [0, 0.1) is 0 Å². The van der Waals surface area contributed by atoms with Crippen molar-refractivity contribution in [3.05, 3.63) is 64.7 Å². The molecule has 0 unspecified atom stereocenters. The van der Waals surface area contributed by atoms with Crippen LogP contribution in [0.1, 0.15) is 56.0 Å². The number of hydrogen-bond acceptors (Lipinski definition) is 6. The minimum Gasteiger partial charge on any atom is -0.494 e. The minimum atomic E-state index is -0.569. The lowest BCUT2D eigenvalue weighted by Gasteiger charge is -2.42. The first kappa shape index (κ1) is 27.2. The second-order valence-electron chi connectivity index (χ2n) is 9.38. The molecule has 3 rings (SSSR count). The van der Waals surface area contributed by atoms with Gasteiger partial charge in [0, 0.05) is 42.3 Å². The second-order valence-corrected chi connectivity index (χ2v) is 9.81. The average Bonchev–Trinajstić information content (AvgIpc) is 2.87. The number of ether oxygens (including phenoxy) is 2. The predicted octanol–water partition coefficient (Wildman–Crippen LogP) is 5.08. The SMILES string of the molecule is CCOC(=O)C(C)(C)N1CCN(CCCCCOc2ccc(C(=O)c3ccc(Cl)cc3)cc2)CC1. The van der Waals surface area contributed by atoms with Crippen LogP contribution in [0.5, 0.6) is 5.75 Å². The van der Waals surface area contributed by atoms with Gasteiger partial charge in [-0.05, 0) is 95.1 Å². The fourth-order valence-electron chi connectivity index (χ4n) is 4.24. The lowest BCUT2D eigenvalue weighted by molar-refractivity contribution is -0.157. The molecule has 0 aromatic heterocycles. The zero-order valence-electron chi connectivity index (χ0n) is 21.1. The highest BCUT2D eigenvalue weighted by atomic mass is 35.5. The van der Waals surface area contributed by atoms with Gasteiger partial charge in [0.15, 0.2) is 5.78 Å². The standard InChI is InChI=1S/C28H37ClN2O4/c1-4-34-27(33)28(2,3)31-19-17-30(18-20-31)16-6-5-7-21-35-25-14-10-23(11-15-25)26(32)22-8-12-24(29)13-9-22/h8-15H,4-7,16-21H2,1-3H3. The van der Waals surface area contributed by atoms with Gasteiger partial charge in [-0.15, -0.1) is 0 Å². The van der Waals surface area contributed by atoms with Crippen LogP contribution in [0.25, 0.3) is 0 Å². The van der Waals surface area contributed by atoms with Crippen molar-refractivity contribution in [1.29, 1.82) is 0 Å². The van der Waals surface area contributed by atoms with Crippen LogP contribution in [-0.2, 0) is 9.53 Å². The molecule has 2 aromatic carbocycles. The third-order valence-corrected chi connectivity index (χ3v) is 6.80. The molecule has 7 heteroatoms. The number of halogens is 1. The molecule has 0 aliphatic carbocycles. The highest BCUT2D eigenvalue weighted by molar-refractivity contribution is 6.30. The fraction of sp³-hybridized carbons (Fsp3) is 0.500. The van der Waals surface area contributed by atoms with Gasteiger partial charge in [-0.2, -0.15) is 0 Å². The van der Waals surface area contributed by atoms with Gasteiger partial charge in [-0.3, -0.25) is 14.5 Å². The summed E-state index contributed by atoms with van der Waals surface area (Å²) in [5.41, 5.74) is 0.679. The summed E-state index contributed by atoms with van der Waals surface area (Å²) in [5, 5.41) is 0.614. The Morgan fingerprint density at radius 2 is 1.49 bits per heavy atom. The Kier molecular flexibility index (Phi) is 10.1. The van der Waals surface area contributed by atoms with E-state index in [2.05, 4.69) is 9.80 Å². The topological polar surface area (TPSA) is 59.1 Å². The summed E-state index contributed by atoms with van der Waals surface area (Å²) in [4.78, 5) is 29.5. The summed E-state index contributed by atoms with van der Waals surface area (Å²) in [6.45, 7) is 11.6. The third-order valence-electron chi connectivity index (χ3n) is 6.55. The van der Waals surface area contributed by atoms with Gasteiger partial charge >= 0.3 is 5.97 Å². The van der Waals surface area contributed by atoms with Crippen molar-refractivity contribution in [3.8, 4) is 5.75 Å². The van der Waals surface area contributed by atoms with E-state index >= 15 is 0 Å². The molecule has 2 aromatic rings. The van der Waals surface area contributed by atoms with Crippen LogP contribution in [0.3, 0.4) is 0 Å². The quantitative estimate of drug-likeness (QED) is 0.230. The largest absolute Gasteiger partial charge is 0.494 e. The van der Waals surface area contributed by atoms with E-state index in [0.717, 1.165) is 57.7 Å². The van der Waals surface area contributed by atoms with E-state index in [1.165, 1.54) is 0 Å². The average molecular weight is 501 g/mol. The first-order chi connectivity index (χ1) is 16.8. The number of carbonyl (C=O) groups excluding carboxylic acids is 2. The highest BCUT2D eigenvalue weighted by Gasteiger charge is 2.37. The van der Waals surface area contributed by atoms with E-state index in [0.29, 0.717) is 29.4 Å². The molecule has 0 bridgehead atoms. The van der Waals surface area contributed by atoms with Crippen LogP contribution < -0.4 is 4.74 Å². The lowest BCUT2D eigenvalue weighted by Crippen LogP contribution is -2.58. The molecule has 1 heterocycles. The first-order valence-electron chi connectivity index (χ1n) is 12.5. The maximum atomic E-state index is 12.5. The van der Waals surface area contributed by atoms with E-state index in [-0.39, 0.29) is 11.8 Å². The predicted molar refractivity (Wildman–Crippen MR) is 139 cm³/mol. The summed E-state index contributed by atoms with van der Waals surface area (Å²) in [7, 11) is 0. The molecule has 0 saturated carbocycles. The summed E-state index contributed by atoms with van der Waals surface area (Å²) >= 11 is 5.90. The Morgan fingerprint density at radius 3 is 2.09 bits per heavy atom. The van der Waals surface area contributed by atoms with Crippen molar-refractivity contribution in [2.75, 3.05) is 45.9 Å². The highest BCUT2D eigenvalue weighted by Crippen LogP contribution is 2.20. The zero-order chi connectivity index (χ0) is 25.3. The molecule has 0 atom stereocenters. The maximum Gasteiger partial charge on any atom is 0.325 e. The van der Waals surface area contributed by atoms with Crippen LogP contribution >= 0.6 is 11.6 Å². The van der Waals surface area contributed by atoms with Gasteiger partial charge in [-0.25, -0.2) is 0 Å². The second kappa shape index (κ2) is 13.1. The Balaban J connectivity index is 1.30. The molecule has 0 N–H and O–H groups in total. The van der Waals surface area contributed by atoms with Crippen molar-refractivity contribution in [3.63, 3.8) is 0 Å². The summed E-state index contributed by atoms with van der Waals surface area (Å²) < 4.78 is 11.1. The Bertz CT molecular complexity index is 952. The number of piperazine rings is 1. The zero-order valence-corrected chi connectivity index (χ0v) is 21.9. The normalized spacial score (nSPS) is 15.1. The number of esters is 1. The van der Waals surface area contributed by atoms with E-state index in [4.69, 9.17) is 21.1 Å². The molecule has 1 fully saturated rings.